The van der Waals surface area contributed by atoms with Crippen molar-refractivity contribution < 1.29 is 0 Å². The number of pyridine rings is 1. The average molecular weight is 231 g/mol. The van der Waals surface area contributed by atoms with E-state index >= 15 is 0 Å². The van der Waals surface area contributed by atoms with E-state index in [-0.39, 0.29) is 5.56 Å². The molecule has 0 saturated heterocycles. The first-order valence-electron chi connectivity index (χ1n) is 5.75. The van der Waals surface area contributed by atoms with E-state index in [0.29, 0.717) is 6.54 Å². The van der Waals surface area contributed by atoms with Crippen LogP contribution < -0.4 is 16.2 Å². The molecule has 0 saturated carbocycles. The number of fused-ring (bicyclic) bond motifs is 1. The number of anilines is 1. The Morgan fingerprint density at radius 3 is 2.88 bits per heavy atom. The Hall–Kier alpha value is -1.81. The number of nitrogens with zero attached hydrogens (tertiary/aromatic N) is 1. The van der Waals surface area contributed by atoms with Gasteiger partial charge >= 0.3 is 0 Å². The van der Waals surface area contributed by atoms with Gasteiger partial charge in [0.05, 0.1) is 0 Å². The lowest BCUT2D eigenvalue weighted by molar-refractivity contribution is 0.786. The first-order valence-corrected chi connectivity index (χ1v) is 5.75. The number of hydrogen-bond acceptors (Lipinski definition) is 3. The van der Waals surface area contributed by atoms with E-state index in [2.05, 4.69) is 4.98 Å². The summed E-state index contributed by atoms with van der Waals surface area (Å²) in [6.07, 6.45) is 0.908. The standard InChI is InChI=1S/C13H17N3O/c1-16(8-4-7-14)12-9-10-5-2-3-6-11(10)13(17)15-12/h2-3,5-6,9H,4,7-8,14H2,1H3,(H,15,17). The summed E-state index contributed by atoms with van der Waals surface area (Å²) < 4.78 is 0. The third-order valence-corrected chi connectivity index (χ3v) is 2.85. The van der Waals surface area contributed by atoms with Gasteiger partial charge in [-0.25, -0.2) is 0 Å². The normalized spacial score (nSPS) is 10.7. The summed E-state index contributed by atoms with van der Waals surface area (Å²) in [5.74, 6) is 0.835. The van der Waals surface area contributed by atoms with Crippen molar-refractivity contribution in [3.63, 3.8) is 0 Å². The van der Waals surface area contributed by atoms with E-state index < -0.39 is 0 Å². The number of nitrogens with two attached hydrogens (primary N) is 1. The first-order chi connectivity index (χ1) is 8.22. The van der Waals surface area contributed by atoms with Gasteiger partial charge in [-0.3, -0.25) is 4.79 Å². The lowest BCUT2D eigenvalue weighted by Gasteiger charge is -2.18. The Morgan fingerprint density at radius 2 is 2.12 bits per heavy atom. The number of hydrogen-bond donors (Lipinski definition) is 2. The second-order valence-corrected chi connectivity index (χ2v) is 4.13. The van der Waals surface area contributed by atoms with Gasteiger partial charge in [-0.2, -0.15) is 0 Å². The maximum atomic E-state index is 11.9. The zero-order valence-corrected chi connectivity index (χ0v) is 9.94. The lowest BCUT2D eigenvalue weighted by atomic mass is 10.2. The summed E-state index contributed by atoms with van der Waals surface area (Å²) in [5, 5.41) is 1.69. The van der Waals surface area contributed by atoms with Crippen LogP contribution in [0.4, 0.5) is 5.82 Å². The second kappa shape index (κ2) is 5.01. The molecule has 4 nitrogen and oxygen atoms in total. The Kier molecular flexibility index (Phi) is 3.44. The molecule has 17 heavy (non-hydrogen) atoms. The lowest BCUT2D eigenvalue weighted by Crippen LogP contribution is -2.24. The Balaban J connectivity index is 2.39. The fourth-order valence-corrected chi connectivity index (χ4v) is 1.85. The smallest absolute Gasteiger partial charge is 0.257 e. The zero-order chi connectivity index (χ0) is 12.3. The molecule has 90 valence electrons. The Labute approximate surface area is 100 Å². The van der Waals surface area contributed by atoms with Gasteiger partial charge in [0.25, 0.3) is 5.56 Å². The number of rotatable bonds is 4. The van der Waals surface area contributed by atoms with E-state index in [1.54, 1.807) is 0 Å². The van der Waals surface area contributed by atoms with E-state index in [1.807, 2.05) is 42.3 Å². The molecule has 0 atom stereocenters. The number of aromatic nitrogens is 1. The zero-order valence-electron chi connectivity index (χ0n) is 9.94. The molecule has 0 spiro atoms. The van der Waals surface area contributed by atoms with Crippen molar-refractivity contribution in [3.8, 4) is 0 Å². The van der Waals surface area contributed by atoms with Crippen molar-refractivity contribution in [3.05, 3.63) is 40.7 Å². The average Bonchev–Trinajstić information content (AvgIpc) is 2.36. The Morgan fingerprint density at radius 1 is 1.35 bits per heavy atom. The third-order valence-electron chi connectivity index (χ3n) is 2.85. The van der Waals surface area contributed by atoms with Gasteiger partial charge in [0.2, 0.25) is 0 Å². The molecule has 1 heterocycles. The van der Waals surface area contributed by atoms with Crippen molar-refractivity contribution in [2.24, 2.45) is 5.73 Å². The number of benzene rings is 1. The van der Waals surface area contributed by atoms with Gasteiger partial charge in [0, 0.05) is 19.0 Å². The molecule has 0 aliphatic carbocycles. The molecule has 0 amide bonds. The fourth-order valence-electron chi connectivity index (χ4n) is 1.85. The molecule has 1 aromatic heterocycles. The second-order valence-electron chi connectivity index (χ2n) is 4.13. The van der Waals surface area contributed by atoms with Crippen molar-refractivity contribution in [1.82, 2.24) is 4.98 Å². The summed E-state index contributed by atoms with van der Waals surface area (Å²) in [6, 6.07) is 9.58. The summed E-state index contributed by atoms with van der Waals surface area (Å²) in [7, 11) is 1.95. The van der Waals surface area contributed by atoms with Crippen molar-refractivity contribution in [1.29, 1.82) is 0 Å². The summed E-state index contributed by atoms with van der Waals surface area (Å²) >= 11 is 0. The van der Waals surface area contributed by atoms with Crippen LogP contribution in [0, 0.1) is 0 Å². The highest BCUT2D eigenvalue weighted by molar-refractivity contribution is 5.83. The molecule has 0 aliphatic heterocycles. The minimum atomic E-state index is -0.0438. The molecular weight excluding hydrogens is 214 g/mol. The number of aromatic amines is 1. The van der Waals surface area contributed by atoms with Crippen LogP contribution in [0.25, 0.3) is 10.8 Å². The van der Waals surface area contributed by atoms with Crippen LogP contribution in [-0.2, 0) is 0 Å². The highest BCUT2D eigenvalue weighted by atomic mass is 16.1. The molecule has 0 unspecified atom stereocenters. The van der Waals surface area contributed by atoms with Crippen LogP contribution in [0.5, 0.6) is 0 Å². The van der Waals surface area contributed by atoms with Gasteiger partial charge in [0.1, 0.15) is 5.82 Å². The topological polar surface area (TPSA) is 62.1 Å². The van der Waals surface area contributed by atoms with Gasteiger partial charge < -0.3 is 15.6 Å². The van der Waals surface area contributed by atoms with E-state index in [4.69, 9.17) is 5.73 Å². The molecule has 2 aromatic rings. The van der Waals surface area contributed by atoms with Crippen molar-refractivity contribution in [2.45, 2.75) is 6.42 Å². The van der Waals surface area contributed by atoms with Crippen LogP contribution in [0.3, 0.4) is 0 Å². The van der Waals surface area contributed by atoms with Gasteiger partial charge in [0.15, 0.2) is 0 Å². The Bertz CT molecular complexity index is 562. The highest BCUT2D eigenvalue weighted by Gasteiger charge is 2.04. The van der Waals surface area contributed by atoms with E-state index in [1.165, 1.54) is 0 Å². The predicted molar refractivity (Wildman–Crippen MR) is 71.5 cm³/mol. The van der Waals surface area contributed by atoms with Crippen LogP contribution in [-0.4, -0.2) is 25.1 Å². The first kappa shape index (κ1) is 11.7. The van der Waals surface area contributed by atoms with Crippen LogP contribution >= 0.6 is 0 Å². The summed E-state index contributed by atoms with van der Waals surface area (Å²) in [6.45, 7) is 1.49. The monoisotopic (exact) mass is 231 g/mol. The predicted octanol–water partition coefficient (Wildman–Crippen LogP) is 1.31. The van der Waals surface area contributed by atoms with Crippen LogP contribution in [0.1, 0.15) is 6.42 Å². The quantitative estimate of drug-likeness (QED) is 0.834. The SMILES string of the molecule is CN(CCCN)c1cc2ccccc2c(=O)[nH]1. The molecule has 2 rings (SSSR count). The molecule has 0 radical (unpaired) electrons. The molecule has 1 aromatic carbocycles. The molecule has 0 fully saturated rings. The summed E-state index contributed by atoms with van der Waals surface area (Å²) in [4.78, 5) is 16.8. The molecular formula is C13H17N3O. The maximum Gasteiger partial charge on any atom is 0.257 e. The van der Waals surface area contributed by atoms with Gasteiger partial charge in [-0.05, 0) is 30.5 Å². The van der Waals surface area contributed by atoms with Gasteiger partial charge in [-0.1, -0.05) is 18.2 Å². The molecule has 4 heteroatoms. The molecule has 0 bridgehead atoms. The third kappa shape index (κ3) is 2.47. The maximum absolute atomic E-state index is 11.9. The van der Waals surface area contributed by atoms with Crippen LogP contribution in [0.2, 0.25) is 0 Å². The minimum absolute atomic E-state index is 0.0438. The van der Waals surface area contributed by atoms with Crippen LogP contribution in [0.15, 0.2) is 35.1 Å². The minimum Gasteiger partial charge on any atom is -0.361 e. The van der Waals surface area contributed by atoms with E-state index in [9.17, 15) is 4.79 Å². The largest absolute Gasteiger partial charge is 0.361 e. The van der Waals surface area contributed by atoms with Gasteiger partial charge in [-0.15, -0.1) is 0 Å². The van der Waals surface area contributed by atoms with Crippen molar-refractivity contribution in [2.75, 3.05) is 25.0 Å². The number of H-pyrrole nitrogens is 1. The molecule has 3 N–H and O–H groups in total. The van der Waals surface area contributed by atoms with E-state index in [0.717, 1.165) is 29.6 Å². The summed E-state index contributed by atoms with van der Waals surface area (Å²) in [5.41, 5.74) is 5.43. The fraction of sp³-hybridized carbons (Fsp3) is 0.308. The molecule has 0 aliphatic rings. The highest BCUT2D eigenvalue weighted by Crippen LogP contribution is 2.15. The van der Waals surface area contributed by atoms with Crippen molar-refractivity contribution >= 4 is 16.6 Å². The number of nitrogens with one attached hydrogen (secondary N) is 1.